The van der Waals surface area contributed by atoms with E-state index in [1.165, 1.54) is 27.8 Å². The molecule has 1 unspecified atom stereocenters. The van der Waals surface area contributed by atoms with Crippen LogP contribution in [0.2, 0.25) is 0 Å². The Labute approximate surface area is 135 Å². The van der Waals surface area contributed by atoms with Crippen LogP contribution in [0.4, 0.5) is 0 Å². The van der Waals surface area contributed by atoms with Crippen molar-refractivity contribution in [2.24, 2.45) is 5.92 Å². The fourth-order valence-corrected chi connectivity index (χ4v) is 2.75. The number of allylic oxidation sites excluding steroid dienone is 2. The van der Waals surface area contributed by atoms with Gasteiger partial charge in [-0.15, -0.1) is 0 Å². The molecule has 0 nitrogen and oxygen atoms in total. The number of hydrogen-bond donors (Lipinski definition) is 0. The van der Waals surface area contributed by atoms with E-state index in [-0.39, 0.29) is 0 Å². The Bertz CT molecular complexity index is 617. The van der Waals surface area contributed by atoms with Gasteiger partial charge in [0.15, 0.2) is 0 Å². The van der Waals surface area contributed by atoms with Gasteiger partial charge in [-0.3, -0.25) is 0 Å². The molecular weight excluding hydrogens is 264 g/mol. The van der Waals surface area contributed by atoms with E-state index in [1.54, 1.807) is 0 Å². The van der Waals surface area contributed by atoms with Crippen LogP contribution in [-0.2, 0) is 12.8 Å². The summed E-state index contributed by atoms with van der Waals surface area (Å²) >= 11 is 0. The molecule has 2 aromatic carbocycles. The van der Waals surface area contributed by atoms with Gasteiger partial charge in [-0.2, -0.15) is 0 Å². The van der Waals surface area contributed by atoms with Crippen molar-refractivity contribution in [2.45, 2.75) is 33.1 Å². The van der Waals surface area contributed by atoms with Crippen LogP contribution in [0.1, 0.15) is 37.0 Å². The molecule has 1 atom stereocenters. The van der Waals surface area contributed by atoms with E-state index in [4.69, 9.17) is 0 Å². The second kappa shape index (κ2) is 7.79. The average molecular weight is 290 g/mol. The fourth-order valence-electron chi connectivity index (χ4n) is 2.75. The van der Waals surface area contributed by atoms with E-state index in [9.17, 15) is 0 Å². The van der Waals surface area contributed by atoms with Gasteiger partial charge in [0.25, 0.3) is 0 Å². The van der Waals surface area contributed by atoms with Crippen LogP contribution in [0.15, 0.2) is 73.3 Å². The van der Waals surface area contributed by atoms with Crippen LogP contribution >= 0.6 is 0 Å². The lowest BCUT2D eigenvalue weighted by molar-refractivity contribution is 0.725. The zero-order valence-corrected chi connectivity index (χ0v) is 13.8. The maximum absolute atomic E-state index is 4.30. The minimum Gasteiger partial charge on any atom is -0.0995 e. The summed E-state index contributed by atoms with van der Waals surface area (Å²) in [7, 11) is 0. The van der Waals surface area contributed by atoms with Gasteiger partial charge in [0.05, 0.1) is 0 Å². The van der Waals surface area contributed by atoms with E-state index in [1.807, 2.05) is 0 Å². The molecule has 2 rings (SSSR count). The van der Waals surface area contributed by atoms with Crippen LogP contribution in [-0.4, -0.2) is 0 Å². The van der Waals surface area contributed by atoms with E-state index >= 15 is 0 Å². The van der Waals surface area contributed by atoms with Crippen LogP contribution in [0.3, 0.4) is 0 Å². The van der Waals surface area contributed by atoms with E-state index in [0.717, 1.165) is 19.3 Å². The Morgan fingerprint density at radius 1 is 0.909 bits per heavy atom. The molecule has 0 heteroatoms. The molecule has 114 valence electrons. The third-order valence-electron chi connectivity index (χ3n) is 4.22. The summed E-state index contributed by atoms with van der Waals surface area (Å²) in [5.41, 5.74) is 6.43. The number of rotatable bonds is 7. The molecule has 0 aliphatic rings. The van der Waals surface area contributed by atoms with Gasteiger partial charge in [-0.25, -0.2) is 0 Å². The first-order valence-electron chi connectivity index (χ1n) is 8.08. The highest BCUT2D eigenvalue weighted by molar-refractivity contribution is 5.65. The maximum atomic E-state index is 4.30. The molecule has 0 saturated carbocycles. The van der Waals surface area contributed by atoms with Crippen LogP contribution in [0.5, 0.6) is 0 Å². The molecule has 22 heavy (non-hydrogen) atoms. The monoisotopic (exact) mass is 290 g/mol. The summed E-state index contributed by atoms with van der Waals surface area (Å²) < 4.78 is 0. The smallest absolute Gasteiger partial charge is 0.00696 e. The van der Waals surface area contributed by atoms with Crippen LogP contribution in [0, 0.1) is 5.92 Å². The van der Waals surface area contributed by atoms with Crippen molar-refractivity contribution < 1.29 is 0 Å². The van der Waals surface area contributed by atoms with Gasteiger partial charge in [-0.05, 0) is 47.4 Å². The third-order valence-corrected chi connectivity index (χ3v) is 4.22. The van der Waals surface area contributed by atoms with E-state index in [2.05, 4.69) is 81.6 Å². The number of hydrogen-bond acceptors (Lipinski definition) is 0. The first kappa shape index (κ1) is 16.3. The Hall–Kier alpha value is -2.08. The van der Waals surface area contributed by atoms with E-state index < -0.39 is 0 Å². The van der Waals surface area contributed by atoms with Crippen molar-refractivity contribution in [1.29, 1.82) is 0 Å². The van der Waals surface area contributed by atoms with Crippen LogP contribution < -0.4 is 0 Å². The zero-order valence-electron chi connectivity index (χ0n) is 13.8. The molecule has 0 spiro atoms. The topological polar surface area (TPSA) is 0 Å². The molecule has 0 heterocycles. The highest BCUT2D eigenvalue weighted by Gasteiger charge is 2.11. The average Bonchev–Trinajstić information content (AvgIpc) is 2.55. The Balaban J connectivity index is 1.94. The second-order valence-electron chi connectivity index (χ2n) is 6.09. The van der Waals surface area contributed by atoms with Gasteiger partial charge in [0.2, 0.25) is 0 Å². The van der Waals surface area contributed by atoms with Gasteiger partial charge in [0, 0.05) is 0 Å². The molecule has 0 amide bonds. The lowest BCUT2D eigenvalue weighted by Gasteiger charge is -2.17. The highest BCUT2D eigenvalue weighted by Crippen LogP contribution is 2.27. The standard InChI is InChI=1S/C22H26/c1-5-20-11-13-22(14-12-20)19(4)18(3)15-17(2)16-21-9-7-6-8-10-21/h6-14,18H,2,4-5,15-16H2,1,3H3. The first-order valence-corrected chi connectivity index (χ1v) is 8.08. The largest absolute Gasteiger partial charge is 0.0995 e. The quantitative estimate of drug-likeness (QED) is 0.541. The van der Waals surface area contributed by atoms with Crippen molar-refractivity contribution in [1.82, 2.24) is 0 Å². The number of aryl methyl sites for hydroxylation is 1. The SMILES string of the molecule is C=C(Cc1ccccc1)CC(C)C(=C)c1ccc(CC)cc1. The van der Waals surface area contributed by atoms with Crippen molar-refractivity contribution in [3.8, 4) is 0 Å². The predicted molar refractivity (Wildman–Crippen MR) is 97.9 cm³/mol. The minimum absolute atomic E-state index is 0.420. The molecule has 0 bridgehead atoms. The predicted octanol–water partition coefficient (Wildman–Crippen LogP) is 6.09. The summed E-state index contributed by atoms with van der Waals surface area (Å²) in [6, 6.07) is 19.3. The molecule has 0 N–H and O–H groups in total. The maximum Gasteiger partial charge on any atom is -0.00696 e. The molecule has 0 fully saturated rings. The summed E-state index contributed by atoms with van der Waals surface area (Å²) in [5.74, 6) is 0.420. The van der Waals surface area contributed by atoms with Gasteiger partial charge < -0.3 is 0 Å². The fraction of sp³-hybridized carbons (Fsp3) is 0.273. The molecule has 0 aliphatic heterocycles. The lowest BCUT2D eigenvalue weighted by atomic mass is 9.88. The Kier molecular flexibility index (Phi) is 5.77. The van der Waals surface area contributed by atoms with Crippen molar-refractivity contribution in [2.75, 3.05) is 0 Å². The van der Waals surface area contributed by atoms with Crippen molar-refractivity contribution in [3.05, 3.63) is 90.0 Å². The van der Waals surface area contributed by atoms with Crippen molar-refractivity contribution >= 4 is 5.57 Å². The van der Waals surface area contributed by atoms with Crippen LogP contribution in [0.25, 0.3) is 5.57 Å². The first-order chi connectivity index (χ1) is 10.6. The molecule has 0 aliphatic carbocycles. The van der Waals surface area contributed by atoms with E-state index in [0.29, 0.717) is 5.92 Å². The zero-order chi connectivity index (χ0) is 15.9. The summed E-state index contributed by atoms with van der Waals surface area (Å²) in [5, 5.41) is 0. The van der Waals surface area contributed by atoms with Gasteiger partial charge >= 0.3 is 0 Å². The molecule has 0 saturated heterocycles. The van der Waals surface area contributed by atoms with Gasteiger partial charge in [0.1, 0.15) is 0 Å². The lowest BCUT2D eigenvalue weighted by Crippen LogP contribution is -2.01. The molecular formula is C22H26. The summed E-state index contributed by atoms with van der Waals surface area (Å²) in [6.07, 6.45) is 3.02. The highest BCUT2D eigenvalue weighted by atomic mass is 14.2. The molecule has 0 radical (unpaired) electrons. The normalized spacial score (nSPS) is 11.9. The summed E-state index contributed by atoms with van der Waals surface area (Å²) in [4.78, 5) is 0. The minimum atomic E-state index is 0.420. The molecule has 2 aromatic rings. The summed E-state index contributed by atoms with van der Waals surface area (Å²) in [6.45, 7) is 13.0. The Morgan fingerprint density at radius 2 is 1.55 bits per heavy atom. The second-order valence-corrected chi connectivity index (χ2v) is 6.09. The third kappa shape index (κ3) is 4.46. The molecule has 0 aromatic heterocycles. The Morgan fingerprint density at radius 3 is 2.14 bits per heavy atom. The van der Waals surface area contributed by atoms with Gasteiger partial charge in [-0.1, -0.05) is 87.2 Å². The number of benzene rings is 2. The van der Waals surface area contributed by atoms with Crippen molar-refractivity contribution in [3.63, 3.8) is 0 Å².